The van der Waals surface area contributed by atoms with E-state index in [1.807, 2.05) is 0 Å². The Morgan fingerprint density at radius 2 is 1.94 bits per heavy atom. The van der Waals surface area contributed by atoms with E-state index in [1.165, 1.54) is 25.7 Å². The fourth-order valence-electron chi connectivity index (χ4n) is 1.44. The molecule has 16 heavy (non-hydrogen) atoms. The maximum atomic E-state index is 11.2. The summed E-state index contributed by atoms with van der Waals surface area (Å²) in [7, 11) is 0. The number of rotatable bonds is 10. The molecular weight excluding hydrogens is 204 g/mol. The summed E-state index contributed by atoms with van der Waals surface area (Å²) in [5, 5.41) is 6.06. The minimum absolute atomic E-state index is 0.0589. The highest BCUT2D eigenvalue weighted by molar-refractivity contribution is 5.75. The number of amides is 1. The third-order valence-electron chi connectivity index (χ3n) is 2.35. The van der Waals surface area contributed by atoms with Gasteiger partial charge in [0, 0.05) is 24.4 Å². The van der Waals surface area contributed by atoms with Gasteiger partial charge >= 0.3 is 0 Å². The zero-order valence-electron chi connectivity index (χ0n) is 10.1. The lowest BCUT2D eigenvalue weighted by molar-refractivity contribution is -0.121. The minimum atomic E-state index is 0.0589. The van der Waals surface area contributed by atoms with Gasteiger partial charge in [0.15, 0.2) is 0 Å². The molecule has 1 N–H and O–H groups in total. The molecule has 0 heterocycles. The molecule has 0 saturated carbocycles. The number of nitrogens with one attached hydrogen (secondary N) is 1. The molecule has 0 aromatic rings. The highest BCUT2D eigenvalue weighted by Crippen LogP contribution is 2.06. The summed E-state index contributed by atoms with van der Waals surface area (Å²) in [5.41, 5.74) is 8.02. The van der Waals surface area contributed by atoms with Gasteiger partial charge in [-0.2, -0.15) is 0 Å². The van der Waals surface area contributed by atoms with Gasteiger partial charge in [-0.1, -0.05) is 44.1 Å². The second-order valence-electron chi connectivity index (χ2n) is 3.82. The molecule has 92 valence electrons. The van der Waals surface area contributed by atoms with Gasteiger partial charge in [-0.05, 0) is 12.0 Å². The van der Waals surface area contributed by atoms with Crippen LogP contribution >= 0.6 is 0 Å². The highest BCUT2D eigenvalue weighted by Gasteiger charge is 1.99. The molecule has 0 aromatic heterocycles. The first-order valence-electron chi connectivity index (χ1n) is 6.08. The van der Waals surface area contributed by atoms with E-state index in [0.717, 1.165) is 12.8 Å². The molecule has 0 aliphatic rings. The summed E-state index contributed by atoms with van der Waals surface area (Å²) in [6.45, 7) is 2.97. The van der Waals surface area contributed by atoms with Crippen LogP contribution in [0.5, 0.6) is 0 Å². The number of carbonyl (C=O) groups excluding carboxylic acids is 1. The SMILES string of the molecule is CCCCCCCCC(=O)NCCN=[N+]=[N-]. The number of nitrogens with zero attached hydrogens (tertiary/aromatic N) is 3. The Morgan fingerprint density at radius 3 is 2.62 bits per heavy atom. The quantitative estimate of drug-likeness (QED) is 0.264. The highest BCUT2D eigenvalue weighted by atomic mass is 16.1. The zero-order chi connectivity index (χ0) is 12.1. The van der Waals surface area contributed by atoms with Gasteiger partial charge in [-0.3, -0.25) is 4.79 Å². The molecule has 0 aliphatic heterocycles. The Morgan fingerprint density at radius 1 is 1.25 bits per heavy atom. The van der Waals surface area contributed by atoms with E-state index in [1.54, 1.807) is 0 Å². The molecule has 0 fully saturated rings. The van der Waals surface area contributed by atoms with Gasteiger partial charge in [0.1, 0.15) is 0 Å². The molecule has 5 nitrogen and oxygen atoms in total. The largest absolute Gasteiger partial charge is 0.356 e. The Labute approximate surface area is 97.2 Å². The van der Waals surface area contributed by atoms with Crippen molar-refractivity contribution in [2.24, 2.45) is 5.11 Å². The molecule has 0 saturated heterocycles. The van der Waals surface area contributed by atoms with Gasteiger partial charge < -0.3 is 5.32 Å². The van der Waals surface area contributed by atoms with Crippen LogP contribution in [0, 0.1) is 0 Å². The predicted octanol–water partition coefficient (Wildman–Crippen LogP) is 3.16. The van der Waals surface area contributed by atoms with Crippen LogP contribution < -0.4 is 5.32 Å². The fourth-order valence-corrected chi connectivity index (χ4v) is 1.44. The maximum Gasteiger partial charge on any atom is 0.219 e. The first-order valence-corrected chi connectivity index (χ1v) is 6.08. The summed E-state index contributed by atoms with van der Waals surface area (Å²) in [6, 6.07) is 0. The van der Waals surface area contributed by atoms with Crippen LogP contribution in [0.2, 0.25) is 0 Å². The fraction of sp³-hybridized carbons (Fsp3) is 0.909. The normalized spacial score (nSPS) is 9.56. The Bertz CT molecular complexity index is 224. The van der Waals surface area contributed by atoms with Crippen molar-refractivity contribution in [3.05, 3.63) is 10.4 Å². The summed E-state index contributed by atoms with van der Waals surface area (Å²) in [5.74, 6) is 0.0589. The summed E-state index contributed by atoms with van der Waals surface area (Å²) in [4.78, 5) is 13.9. The van der Waals surface area contributed by atoms with Crippen molar-refractivity contribution in [1.29, 1.82) is 0 Å². The molecule has 0 rings (SSSR count). The predicted molar refractivity (Wildman–Crippen MR) is 65.0 cm³/mol. The lowest BCUT2D eigenvalue weighted by Gasteiger charge is -2.03. The van der Waals surface area contributed by atoms with E-state index in [4.69, 9.17) is 5.53 Å². The van der Waals surface area contributed by atoms with Crippen molar-refractivity contribution >= 4 is 5.91 Å². The first-order chi connectivity index (χ1) is 7.81. The molecule has 0 unspecified atom stereocenters. The van der Waals surface area contributed by atoms with E-state index in [-0.39, 0.29) is 5.91 Å². The van der Waals surface area contributed by atoms with Crippen molar-refractivity contribution in [3.63, 3.8) is 0 Å². The molecule has 5 heteroatoms. The van der Waals surface area contributed by atoms with Crippen molar-refractivity contribution < 1.29 is 4.79 Å². The maximum absolute atomic E-state index is 11.2. The van der Waals surface area contributed by atoms with Crippen LogP contribution in [0.1, 0.15) is 51.9 Å². The number of hydrogen-bond acceptors (Lipinski definition) is 2. The van der Waals surface area contributed by atoms with Crippen molar-refractivity contribution in [2.75, 3.05) is 13.1 Å². The van der Waals surface area contributed by atoms with Crippen LogP contribution in [0.25, 0.3) is 10.4 Å². The van der Waals surface area contributed by atoms with E-state index in [2.05, 4.69) is 22.3 Å². The van der Waals surface area contributed by atoms with Crippen LogP contribution in [0.4, 0.5) is 0 Å². The molecule has 0 atom stereocenters. The summed E-state index contributed by atoms with van der Waals surface area (Å²) < 4.78 is 0. The lowest BCUT2D eigenvalue weighted by Crippen LogP contribution is -2.25. The third-order valence-corrected chi connectivity index (χ3v) is 2.35. The summed E-state index contributed by atoms with van der Waals surface area (Å²) in [6.07, 6.45) is 7.70. The number of azide groups is 1. The molecule has 0 spiro atoms. The molecule has 0 radical (unpaired) electrons. The van der Waals surface area contributed by atoms with E-state index >= 15 is 0 Å². The monoisotopic (exact) mass is 226 g/mol. The van der Waals surface area contributed by atoms with Gasteiger partial charge in [0.25, 0.3) is 0 Å². The Hall–Kier alpha value is -1.22. The van der Waals surface area contributed by atoms with Gasteiger partial charge in [-0.25, -0.2) is 0 Å². The molecule has 0 aromatic carbocycles. The standard InChI is InChI=1S/C11H22N4O/c1-2-3-4-5-6-7-8-11(16)13-9-10-14-15-12/h2-10H2,1H3,(H,13,16). The topological polar surface area (TPSA) is 77.9 Å². The second kappa shape index (κ2) is 11.9. The average molecular weight is 226 g/mol. The van der Waals surface area contributed by atoms with Crippen molar-refractivity contribution in [1.82, 2.24) is 5.32 Å². The zero-order valence-corrected chi connectivity index (χ0v) is 10.1. The van der Waals surface area contributed by atoms with Crippen LogP contribution in [-0.4, -0.2) is 19.0 Å². The van der Waals surface area contributed by atoms with E-state index < -0.39 is 0 Å². The Kier molecular flexibility index (Phi) is 10.9. The summed E-state index contributed by atoms with van der Waals surface area (Å²) >= 11 is 0. The van der Waals surface area contributed by atoms with Crippen molar-refractivity contribution in [3.8, 4) is 0 Å². The van der Waals surface area contributed by atoms with E-state index in [9.17, 15) is 4.79 Å². The van der Waals surface area contributed by atoms with E-state index in [0.29, 0.717) is 19.5 Å². The van der Waals surface area contributed by atoms with Crippen LogP contribution in [-0.2, 0) is 4.79 Å². The second-order valence-corrected chi connectivity index (χ2v) is 3.82. The van der Waals surface area contributed by atoms with Gasteiger partial charge in [0.05, 0.1) is 0 Å². The van der Waals surface area contributed by atoms with Gasteiger partial charge in [-0.15, -0.1) is 0 Å². The minimum Gasteiger partial charge on any atom is -0.356 e. The molecule has 0 bridgehead atoms. The third kappa shape index (κ3) is 10.9. The smallest absolute Gasteiger partial charge is 0.219 e. The average Bonchev–Trinajstić information content (AvgIpc) is 2.29. The van der Waals surface area contributed by atoms with Crippen LogP contribution in [0.15, 0.2) is 5.11 Å². The molecule has 1 amide bonds. The number of hydrogen-bond donors (Lipinski definition) is 1. The molecular formula is C11H22N4O. The number of unbranched alkanes of at least 4 members (excludes halogenated alkanes) is 5. The van der Waals surface area contributed by atoms with Crippen LogP contribution in [0.3, 0.4) is 0 Å². The Balaban J connectivity index is 3.20. The van der Waals surface area contributed by atoms with Gasteiger partial charge in [0.2, 0.25) is 5.91 Å². The first kappa shape index (κ1) is 14.8. The number of carbonyl (C=O) groups is 1. The molecule has 0 aliphatic carbocycles. The lowest BCUT2D eigenvalue weighted by atomic mass is 10.1. The van der Waals surface area contributed by atoms with Crippen molar-refractivity contribution in [2.45, 2.75) is 51.9 Å².